The Hall–Kier alpha value is -1.69. The summed E-state index contributed by atoms with van der Waals surface area (Å²) >= 11 is 0. The van der Waals surface area contributed by atoms with E-state index in [0.29, 0.717) is 11.8 Å². The van der Waals surface area contributed by atoms with Crippen molar-refractivity contribution >= 4 is 6.03 Å². The van der Waals surface area contributed by atoms with Gasteiger partial charge < -0.3 is 10.2 Å². The van der Waals surface area contributed by atoms with E-state index in [1.165, 1.54) is 38.5 Å². The zero-order valence-corrected chi connectivity index (χ0v) is 17.3. The van der Waals surface area contributed by atoms with Gasteiger partial charge in [-0.2, -0.15) is 0 Å². The topological polar surface area (TPSA) is 32.3 Å². The van der Waals surface area contributed by atoms with Crippen molar-refractivity contribution in [2.75, 3.05) is 13.1 Å². The van der Waals surface area contributed by atoms with Crippen LogP contribution in [0.3, 0.4) is 0 Å². The monoisotopic (exact) mass is 358 g/mol. The molecule has 3 heteroatoms. The Balaban J connectivity index is 2.77. The number of hydrogen-bond acceptors (Lipinski definition) is 1. The Morgan fingerprint density at radius 1 is 1.00 bits per heavy atom. The van der Waals surface area contributed by atoms with E-state index in [4.69, 9.17) is 0 Å². The lowest BCUT2D eigenvalue weighted by atomic mass is 9.96. The van der Waals surface area contributed by atoms with Crippen LogP contribution in [-0.4, -0.2) is 24.0 Å². The molecule has 0 saturated carbocycles. The van der Waals surface area contributed by atoms with Gasteiger partial charge in [0.05, 0.1) is 5.70 Å². The maximum Gasteiger partial charge on any atom is 0.321 e. The van der Waals surface area contributed by atoms with Gasteiger partial charge in [-0.15, -0.1) is 0 Å². The Bertz CT molecular complexity index is 518. The van der Waals surface area contributed by atoms with Crippen molar-refractivity contribution in [2.24, 2.45) is 11.8 Å². The van der Waals surface area contributed by atoms with E-state index in [1.807, 2.05) is 6.08 Å². The van der Waals surface area contributed by atoms with Crippen LogP contribution in [0.25, 0.3) is 0 Å². The summed E-state index contributed by atoms with van der Waals surface area (Å²) in [5.74, 6) is 1.17. The number of urea groups is 1. The average molecular weight is 359 g/mol. The smallest absolute Gasteiger partial charge is 0.321 e. The first kappa shape index (κ1) is 22.4. The number of nitrogens with zero attached hydrogens (tertiary/aromatic N) is 1. The molecule has 3 nitrogen and oxygen atoms in total. The van der Waals surface area contributed by atoms with Gasteiger partial charge in [-0.25, -0.2) is 4.79 Å². The van der Waals surface area contributed by atoms with Gasteiger partial charge in [-0.1, -0.05) is 77.7 Å². The molecule has 0 radical (unpaired) electrons. The molecule has 0 spiro atoms. The molecule has 146 valence electrons. The zero-order valence-electron chi connectivity index (χ0n) is 17.3. The second-order valence-corrected chi connectivity index (χ2v) is 7.39. The number of rotatable bonds is 13. The molecule has 0 saturated heterocycles. The second kappa shape index (κ2) is 13.5. The third-order valence-corrected chi connectivity index (χ3v) is 5.24. The number of nitrogens with one attached hydrogen (secondary N) is 1. The summed E-state index contributed by atoms with van der Waals surface area (Å²) in [6.45, 7) is 10.7. The van der Waals surface area contributed by atoms with Gasteiger partial charge in [0.15, 0.2) is 0 Å². The Labute approximate surface area is 160 Å². The van der Waals surface area contributed by atoms with Crippen molar-refractivity contribution in [3.8, 4) is 0 Å². The summed E-state index contributed by atoms with van der Waals surface area (Å²) in [4.78, 5) is 15.0. The van der Waals surface area contributed by atoms with Crippen molar-refractivity contribution in [3.63, 3.8) is 0 Å². The summed E-state index contributed by atoms with van der Waals surface area (Å²) in [7, 11) is 0. The van der Waals surface area contributed by atoms with E-state index in [9.17, 15) is 4.79 Å². The molecule has 0 aromatic rings. The first-order valence-corrected chi connectivity index (χ1v) is 10.6. The SMILES string of the molecule is CCCCC(CC)CN(CC(CC)CCCC)C(=O)NC1=CC=C=C=C1. The average Bonchev–Trinajstić information content (AvgIpc) is 2.67. The van der Waals surface area contributed by atoms with Crippen LogP contribution in [0.4, 0.5) is 4.79 Å². The van der Waals surface area contributed by atoms with Gasteiger partial charge in [-0.3, -0.25) is 0 Å². The van der Waals surface area contributed by atoms with Gasteiger partial charge in [0.25, 0.3) is 0 Å². The Morgan fingerprint density at radius 2 is 1.58 bits per heavy atom. The summed E-state index contributed by atoms with van der Waals surface area (Å²) in [5, 5.41) is 3.05. The van der Waals surface area contributed by atoms with Crippen molar-refractivity contribution in [1.29, 1.82) is 0 Å². The van der Waals surface area contributed by atoms with E-state index in [0.717, 1.165) is 31.6 Å². The first-order valence-electron chi connectivity index (χ1n) is 10.6. The summed E-state index contributed by atoms with van der Waals surface area (Å²) < 4.78 is 0. The lowest BCUT2D eigenvalue weighted by molar-refractivity contribution is 0.171. The molecule has 1 aliphatic rings. The minimum absolute atomic E-state index is 0.0227. The van der Waals surface area contributed by atoms with Crippen LogP contribution < -0.4 is 5.32 Å². The number of allylic oxidation sites excluding steroid dienone is 3. The van der Waals surface area contributed by atoms with Crippen molar-refractivity contribution in [3.05, 3.63) is 35.4 Å². The number of carbonyl (C=O) groups excluding carboxylic acids is 1. The normalized spacial score (nSPS) is 14.8. The van der Waals surface area contributed by atoms with Crippen LogP contribution in [0.15, 0.2) is 35.4 Å². The van der Waals surface area contributed by atoms with Gasteiger partial charge in [0.2, 0.25) is 0 Å². The first-order chi connectivity index (χ1) is 12.6. The molecule has 2 atom stereocenters. The van der Waals surface area contributed by atoms with Gasteiger partial charge in [-0.05, 0) is 36.8 Å². The third kappa shape index (κ3) is 8.61. The quantitative estimate of drug-likeness (QED) is 0.391. The molecule has 1 aliphatic carbocycles. The number of hydrogen-bond donors (Lipinski definition) is 1. The van der Waals surface area contributed by atoms with Crippen LogP contribution in [0, 0.1) is 11.8 Å². The van der Waals surface area contributed by atoms with E-state index in [2.05, 4.69) is 49.4 Å². The van der Waals surface area contributed by atoms with Crippen molar-refractivity contribution in [1.82, 2.24) is 10.2 Å². The summed E-state index contributed by atoms with van der Waals surface area (Å²) in [6, 6.07) is 0.0227. The van der Waals surface area contributed by atoms with E-state index in [1.54, 1.807) is 12.2 Å². The molecule has 2 unspecified atom stereocenters. The zero-order chi connectivity index (χ0) is 19.2. The highest BCUT2D eigenvalue weighted by Crippen LogP contribution is 2.19. The second-order valence-electron chi connectivity index (χ2n) is 7.39. The lowest BCUT2D eigenvalue weighted by Crippen LogP contribution is -2.44. The van der Waals surface area contributed by atoms with Crippen LogP contribution in [0.1, 0.15) is 79.1 Å². The molecule has 0 aliphatic heterocycles. The van der Waals surface area contributed by atoms with E-state index < -0.39 is 0 Å². The van der Waals surface area contributed by atoms with E-state index >= 15 is 0 Å². The summed E-state index contributed by atoms with van der Waals surface area (Å²) in [5.41, 5.74) is 6.57. The largest absolute Gasteiger partial charge is 0.324 e. The van der Waals surface area contributed by atoms with Crippen LogP contribution in [0.2, 0.25) is 0 Å². The molecule has 26 heavy (non-hydrogen) atoms. The molecule has 0 bridgehead atoms. The van der Waals surface area contributed by atoms with E-state index in [-0.39, 0.29) is 6.03 Å². The molecule has 0 heterocycles. The van der Waals surface area contributed by atoms with Crippen molar-refractivity contribution < 1.29 is 4.79 Å². The number of amides is 2. The predicted octanol–water partition coefficient (Wildman–Crippen LogP) is 6.19. The van der Waals surface area contributed by atoms with Crippen LogP contribution >= 0.6 is 0 Å². The standard InChI is InChI=1S/C23H38N2O/c1-5-9-14-20(7-3)18-25(19-21(8-4)15-10-6-2)23(26)24-22-16-12-11-13-17-22/h12,16-17,20-21H,5-10,14-15,18-19H2,1-4H3,(H,24,26). The molecule has 0 fully saturated rings. The minimum atomic E-state index is 0.0227. The van der Waals surface area contributed by atoms with Gasteiger partial charge in [0.1, 0.15) is 0 Å². The third-order valence-electron chi connectivity index (χ3n) is 5.24. The highest BCUT2D eigenvalue weighted by atomic mass is 16.2. The maximum absolute atomic E-state index is 13.0. The highest BCUT2D eigenvalue weighted by molar-refractivity contribution is 5.76. The minimum Gasteiger partial charge on any atom is -0.324 e. The van der Waals surface area contributed by atoms with Gasteiger partial charge in [0, 0.05) is 19.2 Å². The maximum atomic E-state index is 13.0. The molecule has 1 rings (SSSR count). The fraction of sp³-hybridized carbons (Fsp3) is 0.696. The Kier molecular flexibility index (Phi) is 11.6. The molecular formula is C23H38N2O. The van der Waals surface area contributed by atoms with Crippen LogP contribution in [-0.2, 0) is 0 Å². The fourth-order valence-corrected chi connectivity index (χ4v) is 3.33. The van der Waals surface area contributed by atoms with Gasteiger partial charge >= 0.3 is 6.03 Å². The number of unbranched alkanes of at least 4 members (excludes halogenated alkanes) is 2. The molecule has 1 N–H and O–H groups in total. The molecule has 0 aromatic carbocycles. The highest BCUT2D eigenvalue weighted by Gasteiger charge is 2.21. The number of carbonyl (C=O) groups is 1. The molecular weight excluding hydrogens is 320 g/mol. The molecule has 0 aromatic heterocycles. The predicted molar refractivity (Wildman–Crippen MR) is 111 cm³/mol. The van der Waals surface area contributed by atoms with Crippen molar-refractivity contribution in [2.45, 2.75) is 79.1 Å². The lowest BCUT2D eigenvalue weighted by Gasteiger charge is -2.31. The summed E-state index contributed by atoms with van der Waals surface area (Å²) in [6.07, 6.45) is 15.0. The fourth-order valence-electron chi connectivity index (χ4n) is 3.33. The molecule has 2 amide bonds. The van der Waals surface area contributed by atoms with Crippen LogP contribution in [0.5, 0.6) is 0 Å². The Morgan fingerprint density at radius 3 is 2.00 bits per heavy atom.